The van der Waals surface area contributed by atoms with E-state index in [-0.39, 0.29) is 23.9 Å². The fourth-order valence-corrected chi connectivity index (χ4v) is 5.28. The number of rotatable bonds is 6. The van der Waals surface area contributed by atoms with Gasteiger partial charge in [0, 0.05) is 30.2 Å². The van der Waals surface area contributed by atoms with Crippen LogP contribution >= 0.6 is 11.3 Å². The maximum Gasteiger partial charge on any atom is 0.336 e. The molecule has 0 radical (unpaired) electrons. The second-order valence-electron chi connectivity index (χ2n) is 8.07. The van der Waals surface area contributed by atoms with Gasteiger partial charge in [0.25, 0.3) is 0 Å². The summed E-state index contributed by atoms with van der Waals surface area (Å²) in [4.78, 5) is 32.0. The van der Waals surface area contributed by atoms with E-state index >= 15 is 0 Å². The molecule has 2 fully saturated rings. The van der Waals surface area contributed by atoms with Gasteiger partial charge in [-0.1, -0.05) is 11.3 Å². The first-order valence-corrected chi connectivity index (χ1v) is 10.9. The summed E-state index contributed by atoms with van der Waals surface area (Å²) >= 11 is 1.48. The van der Waals surface area contributed by atoms with E-state index in [9.17, 15) is 9.59 Å². The third kappa shape index (κ3) is 3.80. The van der Waals surface area contributed by atoms with Crippen LogP contribution in [0, 0.1) is 5.41 Å². The Hall–Kier alpha value is -2.50. The van der Waals surface area contributed by atoms with Crippen molar-refractivity contribution in [3.8, 4) is 0 Å². The second kappa shape index (κ2) is 8.32. The van der Waals surface area contributed by atoms with Gasteiger partial charge in [-0.2, -0.15) is 5.10 Å². The number of hydrazone groups is 1. The molecule has 5 N–H and O–H groups in total. The van der Waals surface area contributed by atoms with Gasteiger partial charge < -0.3 is 20.8 Å². The Kier molecular flexibility index (Phi) is 5.76. The average Bonchev–Trinajstić information content (AvgIpc) is 3.43. The zero-order valence-corrected chi connectivity index (χ0v) is 17.8. The third-order valence-corrected chi connectivity index (χ3v) is 7.39. The molecule has 1 aromatic rings. The number of esters is 1. The van der Waals surface area contributed by atoms with Crippen molar-refractivity contribution in [3.05, 3.63) is 22.3 Å². The maximum absolute atomic E-state index is 13.2. The highest BCUT2D eigenvalue weighted by molar-refractivity contribution is 7.15. The van der Waals surface area contributed by atoms with E-state index in [1.807, 2.05) is 0 Å². The number of nitrogens with zero attached hydrogens (tertiary/aromatic N) is 4. The number of aromatic nitrogens is 1. The first-order valence-electron chi connectivity index (χ1n) is 10.1. The van der Waals surface area contributed by atoms with Crippen molar-refractivity contribution in [3.63, 3.8) is 0 Å². The molecule has 2 aliphatic heterocycles. The van der Waals surface area contributed by atoms with Crippen LogP contribution in [0.25, 0.3) is 0 Å². The molecule has 11 heteroatoms. The molecular weight excluding hydrogens is 406 g/mol. The molecule has 10 nitrogen and oxygen atoms in total. The number of amides is 1. The summed E-state index contributed by atoms with van der Waals surface area (Å²) in [7, 11) is 0. The van der Waals surface area contributed by atoms with Crippen LogP contribution in [0.2, 0.25) is 0 Å². The van der Waals surface area contributed by atoms with E-state index in [0.29, 0.717) is 29.8 Å². The molecule has 1 aliphatic carbocycles. The van der Waals surface area contributed by atoms with E-state index in [4.69, 9.17) is 16.4 Å². The van der Waals surface area contributed by atoms with Crippen molar-refractivity contribution < 1.29 is 14.3 Å². The number of hydrazine groups is 1. The number of anilines is 1. The number of likely N-dealkylation sites (tertiary alicyclic amines) is 1. The molecule has 1 saturated heterocycles. The maximum atomic E-state index is 13.2. The molecule has 3 aliphatic rings. The molecule has 30 heavy (non-hydrogen) atoms. The summed E-state index contributed by atoms with van der Waals surface area (Å²) in [6, 6.07) is 0.361. The van der Waals surface area contributed by atoms with Gasteiger partial charge in [-0.25, -0.2) is 20.6 Å². The lowest BCUT2D eigenvalue weighted by atomic mass is 9.71. The first kappa shape index (κ1) is 20.8. The number of ether oxygens (including phenoxy) is 1. The van der Waals surface area contributed by atoms with E-state index in [1.54, 1.807) is 18.0 Å². The topological polar surface area (TPSA) is 139 Å². The normalized spacial score (nSPS) is 27.0. The van der Waals surface area contributed by atoms with Gasteiger partial charge in [0.05, 0.1) is 16.7 Å². The van der Waals surface area contributed by atoms with Crippen molar-refractivity contribution in [2.45, 2.75) is 51.6 Å². The van der Waals surface area contributed by atoms with E-state index in [0.717, 1.165) is 42.7 Å². The number of carbonyl (C=O) groups excluding carboxylic acids is 2. The molecule has 162 valence electrons. The average molecular weight is 434 g/mol. The minimum atomic E-state index is -0.314. The quantitative estimate of drug-likeness (QED) is 0.197. The summed E-state index contributed by atoms with van der Waals surface area (Å²) in [5, 5.41) is 8.88. The van der Waals surface area contributed by atoms with Crippen molar-refractivity contribution in [1.29, 1.82) is 0 Å². The Balaban J connectivity index is 1.30. The lowest BCUT2D eigenvalue weighted by Crippen LogP contribution is -2.42. The highest BCUT2D eigenvalue weighted by Gasteiger charge is 2.50. The fourth-order valence-electron chi connectivity index (χ4n) is 4.53. The van der Waals surface area contributed by atoms with Gasteiger partial charge in [0.15, 0.2) is 0 Å². The van der Waals surface area contributed by atoms with Crippen LogP contribution in [-0.4, -0.2) is 47.3 Å². The summed E-state index contributed by atoms with van der Waals surface area (Å²) in [5.74, 6) is 10.7. The van der Waals surface area contributed by atoms with Gasteiger partial charge in [-0.3, -0.25) is 4.79 Å². The summed E-state index contributed by atoms with van der Waals surface area (Å²) in [5.41, 5.74) is 1.02. The van der Waals surface area contributed by atoms with Crippen molar-refractivity contribution >= 4 is 34.7 Å². The van der Waals surface area contributed by atoms with Crippen LogP contribution in [0.15, 0.2) is 22.6 Å². The van der Waals surface area contributed by atoms with E-state index in [1.165, 1.54) is 22.7 Å². The van der Waals surface area contributed by atoms with Crippen LogP contribution in [0.4, 0.5) is 5.13 Å². The van der Waals surface area contributed by atoms with Crippen LogP contribution in [0.3, 0.4) is 0 Å². The Morgan fingerprint density at radius 1 is 1.43 bits per heavy atom. The Labute approximate surface area is 178 Å². The minimum absolute atomic E-state index is 0.158. The number of nitrogens with two attached hydrogens (primary N) is 2. The SMILES string of the molecule is CC1=C(N2CC[C@]3(CC[C@@H](NCc4cnc(N(N)/C=N\N)s4)CC3)C2=O)COC1=O. The lowest BCUT2D eigenvalue weighted by Gasteiger charge is -2.36. The Bertz CT molecular complexity index is 888. The Morgan fingerprint density at radius 2 is 2.20 bits per heavy atom. The lowest BCUT2D eigenvalue weighted by molar-refractivity contribution is -0.138. The number of hydrogen-bond acceptors (Lipinski definition) is 9. The molecule has 0 bridgehead atoms. The van der Waals surface area contributed by atoms with Gasteiger partial charge in [-0.15, -0.1) is 0 Å². The smallest absolute Gasteiger partial charge is 0.336 e. The van der Waals surface area contributed by atoms with E-state index < -0.39 is 0 Å². The number of carbonyl (C=O) groups is 2. The number of nitrogens with one attached hydrogen (secondary N) is 1. The summed E-state index contributed by atoms with van der Waals surface area (Å²) in [6.07, 6.45) is 7.56. The molecule has 1 aromatic heterocycles. The highest BCUT2D eigenvalue weighted by atomic mass is 32.1. The van der Waals surface area contributed by atoms with Crippen LogP contribution in [0.1, 0.15) is 43.9 Å². The second-order valence-corrected chi connectivity index (χ2v) is 9.16. The van der Waals surface area contributed by atoms with Gasteiger partial charge >= 0.3 is 5.97 Å². The zero-order valence-electron chi connectivity index (χ0n) is 17.0. The molecule has 0 atom stereocenters. The predicted molar refractivity (Wildman–Crippen MR) is 113 cm³/mol. The van der Waals surface area contributed by atoms with Gasteiger partial charge in [-0.05, 0) is 39.0 Å². The number of hydrogen-bond donors (Lipinski definition) is 3. The molecule has 4 rings (SSSR count). The number of thiazole rings is 1. The zero-order chi connectivity index (χ0) is 21.3. The molecule has 0 unspecified atom stereocenters. The third-order valence-electron chi connectivity index (χ3n) is 6.38. The first-order chi connectivity index (χ1) is 14.4. The van der Waals surface area contributed by atoms with Gasteiger partial charge in [0.2, 0.25) is 11.0 Å². The van der Waals surface area contributed by atoms with Crippen molar-refractivity contribution in [2.75, 3.05) is 18.2 Å². The van der Waals surface area contributed by atoms with Crippen molar-refractivity contribution in [2.24, 2.45) is 22.2 Å². The molecular formula is C19H27N7O3S. The van der Waals surface area contributed by atoms with Crippen molar-refractivity contribution in [1.82, 2.24) is 15.2 Å². The van der Waals surface area contributed by atoms with Crippen LogP contribution < -0.4 is 22.0 Å². The van der Waals surface area contributed by atoms with Crippen LogP contribution in [-0.2, 0) is 20.9 Å². The Morgan fingerprint density at radius 3 is 2.87 bits per heavy atom. The summed E-state index contributed by atoms with van der Waals surface area (Å²) in [6.45, 7) is 3.33. The molecule has 0 aromatic carbocycles. The fraction of sp³-hybridized carbons (Fsp3) is 0.579. The predicted octanol–water partition coefficient (Wildman–Crippen LogP) is 0.807. The highest BCUT2D eigenvalue weighted by Crippen LogP contribution is 2.46. The molecule has 1 saturated carbocycles. The largest absolute Gasteiger partial charge is 0.456 e. The van der Waals surface area contributed by atoms with Gasteiger partial charge in [0.1, 0.15) is 12.9 Å². The number of cyclic esters (lactones) is 1. The van der Waals surface area contributed by atoms with E-state index in [2.05, 4.69) is 15.4 Å². The van der Waals surface area contributed by atoms with Crippen LogP contribution in [0.5, 0.6) is 0 Å². The summed E-state index contributed by atoms with van der Waals surface area (Å²) < 4.78 is 5.09. The monoisotopic (exact) mass is 433 g/mol. The minimum Gasteiger partial charge on any atom is -0.456 e. The molecule has 1 spiro atoms. The standard InChI is InChI=1S/C19H27N7O3S/c1-12-15(10-29-16(12)27)25-7-6-19(17(25)28)4-2-13(3-5-19)22-8-14-9-23-18(30-14)26(21)11-24-20/h9,11,13,22H,2-8,10,20-21H2,1H3/b24-11-/t13-,19-. The molecule has 1 amide bonds. The molecule has 3 heterocycles.